The first kappa shape index (κ1) is 23.0. The molecule has 0 spiro atoms. The summed E-state index contributed by atoms with van der Waals surface area (Å²) in [5.74, 6) is 0.581. The van der Waals surface area contributed by atoms with Crippen molar-refractivity contribution in [2.75, 3.05) is 39.8 Å². The Hall–Kier alpha value is -3.15. The third kappa shape index (κ3) is 6.44. The van der Waals surface area contributed by atoms with Crippen LogP contribution >= 0.6 is 0 Å². The van der Waals surface area contributed by atoms with E-state index in [1.165, 1.54) is 0 Å². The Morgan fingerprint density at radius 3 is 2.06 bits per heavy atom. The highest BCUT2D eigenvalue weighted by molar-refractivity contribution is 5.81. The summed E-state index contributed by atoms with van der Waals surface area (Å²) >= 11 is 0. The second kappa shape index (κ2) is 11.1. The van der Waals surface area contributed by atoms with Crippen molar-refractivity contribution in [2.24, 2.45) is 0 Å². The monoisotopic (exact) mass is 443 g/mol. The maximum Gasteiger partial charge on any atom is 0.261 e. The highest BCUT2D eigenvalue weighted by Crippen LogP contribution is 2.23. The van der Waals surface area contributed by atoms with Crippen molar-refractivity contribution in [1.82, 2.24) is 15.1 Å². The zero-order valence-corrected chi connectivity index (χ0v) is 19.5. The Kier molecular flexibility index (Phi) is 7.76. The molecule has 3 aromatic carbocycles. The molecular formula is C28H33N3O2. The Morgan fingerprint density at radius 1 is 0.848 bits per heavy atom. The molecule has 2 atom stereocenters. The number of nitrogens with zero attached hydrogens (tertiary/aromatic N) is 2. The van der Waals surface area contributed by atoms with Crippen LogP contribution in [0.15, 0.2) is 84.9 Å². The molecule has 33 heavy (non-hydrogen) atoms. The van der Waals surface area contributed by atoms with Crippen molar-refractivity contribution in [2.45, 2.75) is 19.1 Å². The zero-order chi connectivity index (χ0) is 23.0. The van der Waals surface area contributed by atoms with Crippen LogP contribution in [0.25, 0.3) is 11.1 Å². The van der Waals surface area contributed by atoms with Crippen molar-refractivity contribution in [3.8, 4) is 16.9 Å². The van der Waals surface area contributed by atoms with Gasteiger partial charge in [-0.25, -0.2) is 0 Å². The predicted molar refractivity (Wildman–Crippen MR) is 133 cm³/mol. The van der Waals surface area contributed by atoms with Gasteiger partial charge in [0.2, 0.25) is 0 Å². The summed E-state index contributed by atoms with van der Waals surface area (Å²) in [5.41, 5.74) is 3.39. The van der Waals surface area contributed by atoms with E-state index in [0.29, 0.717) is 5.75 Å². The number of piperazine rings is 1. The van der Waals surface area contributed by atoms with Gasteiger partial charge in [-0.1, -0.05) is 72.8 Å². The lowest BCUT2D eigenvalue weighted by Gasteiger charge is -2.35. The van der Waals surface area contributed by atoms with Gasteiger partial charge in [0.1, 0.15) is 5.75 Å². The van der Waals surface area contributed by atoms with E-state index >= 15 is 0 Å². The van der Waals surface area contributed by atoms with E-state index < -0.39 is 6.10 Å². The van der Waals surface area contributed by atoms with Crippen LogP contribution in [-0.4, -0.2) is 61.6 Å². The van der Waals surface area contributed by atoms with Crippen LogP contribution in [-0.2, 0) is 4.79 Å². The minimum absolute atomic E-state index is 0.0754. The standard InChI is InChI=1S/C28H33N3O2/c1-22(33-26-15-13-24(14-16-26)23-9-5-3-6-10-23)28(32)29-27(25-11-7-4-8-12-25)21-31-19-17-30(2)18-20-31/h3-16,22,27H,17-21H2,1-2H3,(H,29,32). The minimum atomic E-state index is -0.591. The molecule has 0 saturated carbocycles. The fourth-order valence-electron chi connectivity index (χ4n) is 4.11. The molecule has 3 aromatic rings. The van der Waals surface area contributed by atoms with Crippen molar-refractivity contribution < 1.29 is 9.53 Å². The molecule has 5 nitrogen and oxygen atoms in total. The highest BCUT2D eigenvalue weighted by atomic mass is 16.5. The molecule has 1 aliphatic rings. The fourth-order valence-corrected chi connectivity index (χ4v) is 4.11. The lowest BCUT2D eigenvalue weighted by molar-refractivity contribution is -0.128. The van der Waals surface area contributed by atoms with Gasteiger partial charge >= 0.3 is 0 Å². The number of hydrogen-bond donors (Lipinski definition) is 1. The van der Waals surface area contributed by atoms with E-state index in [1.807, 2.05) is 60.7 Å². The number of rotatable bonds is 8. The predicted octanol–water partition coefficient (Wildman–Crippen LogP) is 4.23. The summed E-state index contributed by atoms with van der Waals surface area (Å²) in [6.07, 6.45) is -0.591. The van der Waals surface area contributed by atoms with Crippen LogP contribution in [0.5, 0.6) is 5.75 Å². The number of amides is 1. The summed E-state index contributed by atoms with van der Waals surface area (Å²) in [5, 5.41) is 3.23. The summed E-state index contributed by atoms with van der Waals surface area (Å²) < 4.78 is 5.98. The second-order valence-electron chi connectivity index (χ2n) is 8.73. The number of nitrogens with one attached hydrogen (secondary N) is 1. The average Bonchev–Trinajstić information content (AvgIpc) is 2.86. The quantitative estimate of drug-likeness (QED) is 0.566. The number of hydrogen-bond acceptors (Lipinski definition) is 4. The molecule has 1 fully saturated rings. The number of benzene rings is 3. The molecule has 0 radical (unpaired) electrons. The third-order valence-electron chi connectivity index (χ3n) is 6.20. The van der Waals surface area contributed by atoms with Crippen LogP contribution in [0.4, 0.5) is 0 Å². The number of carbonyl (C=O) groups excluding carboxylic acids is 1. The Morgan fingerprint density at radius 2 is 1.42 bits per heavy atom. The molecular weight excluding hydrogens is 410 g/mol. The van der Waals surface area contributed by atoms with E-state index in [0.717, 1.165) is 49.4 Å². The molecule has 4 rings (SSSR count). The topological polar surface area (TPSA) is 44.8 Å². The van der Waals surface area contributed by atoms with Gasteiger partial charge in [-0.2, -0.15) is 0 Å². The molecule has 1 amide bonds. The van der Waals surface area contributed by atoms with E-state index in [9.17, 15) is 4.79 Å². The van der Waals surface area contributed by atoms with Gasteiger partial charge in [0.15, 0.2) is 6.10 Å². The first-order valence-electron chi connectivity index (χ1n) is 11.7. The summed E-state index contributed by atoms with van der Waals surface area (Å²) in [6.45, 7) is 6.72. The molecule has 1 aliphatic heterocycles. The second-order valence-corrected chi connectivity index (χ2v) is 8.73. The lowest BCUT2D eigenvalue weighted by atomic mass is 10.1. The molecule has 0 aromatic heterocycles. The first-order valence-corrected chi connectivity index (χ1v) is 11.7. The van der Waals surface area contributed by atoms with Crippen LogP contribution in [0.2, 0.25) is 0 Å². The maximum atomic E-state index is 13.1. The van der Waals surface area contributed by atoms with Crippen LogP contribution in [0.3, 0.4) is 0 Å². The number of likely N-dealkylation sites (N-methyl/N-ethyl adjacent to an activating group) is 1. The maximum absolute atomic E-state index is 13.1. The fraction of sp³-hybridized carbons (Fsp3) is 0.321. The summed E-state index contributed by atoms with van der Waals surface area (Å²) in [6, 6.07) is 28.2. The van der Waals surface area contributed by atoms with Gasteiger partial charge in [-0.3, -0.25) is 9.69 Å². The molecule has 1 N–H and O–H groups in total. The Labute approximate surface area is 197 Å². The normalized spacial score (nSPS) is 16.7. The Bertz CT molecular complexity index is 1000. The largest absolute Gasteiger partial charge is 0.481 e. The Balaban J connectivity index is 1.38. The van der Waals surface area contributed by atoms with Gasteiger partial charge in [0.05, 0.1) is 6.04 Å². The molecule has 1 saturated heterocycles. The first-order chi connectivity index (χ1) is 16.1. The van der Waals surface area contributed by atoms with E-state index in [2.05, 4.69) is 46.4 Å². The van der Waals surface area contributed by atoms with Gasteiger partial charge in [-0.15, -0.1) is 0 Å². The van der Waals surface area contributed by atoms with E-state index in [-0.39, 0.29) is 11.9 Å². The zero-order valence-electron chi connectivity index (χ0n) is 19.5. The van der Waals surface area contributed by atoms with Crippen molar-refractivity contribution in [3.05, 3.63) is 90.5 Å². The molecule has 172 valence electrons. The van der Waals surface area contributed by atoms with Crippen molar-refractivity contribution in [1.29, 1.82) is 0 Å². The van der Waals surface area contributed by atoms with Crippen molar-refractivity contribution in [3.63, 3.8) is 0 Å². The number of ether oxygens (including phenoxy) is 1. The molecule has 2 unspecified atom stereocenters. The van der Waals surface area contributed by atoms with Gasteiger partial charge < -0.3 is 15.0 Å². The summed E-state index contributed by atoms with van der Waals surface area (Å²) in [7, 11) is 2.15. The summed E-state index contributed by atoms with van der Waals surface area (Å²) in [4.78, 5) is 17.8. The van der Waals surface area contributed by atoms with Crippen LogP contribution < -0.4 is 10.1 Å². The molecule has 5 heteroatoms. The lowest BCUT2D eigenvalue weighted by Crippen LogP contribution is -2.49. The van der Waals surface area contributed by atoms with Crippen LogP contribution in [0, 0.1) is 0 Å². The van der Waals surface area contributed by atoms with Crippen molar-refractivity contribution >= 4 is 5.91 Å². The van der Waals surface area contributed by atoms with E-state index in [1.54, 1.807) is 6.92 Å². The smallest absolute Gasteiger partial charge is 0.261 e. The molecule has 0 bridgehead atoms. The SMILES string of the molecule is CC(Oc1ccc(-c2ccccc2)cc1)C(=O)NC(CN1CCN(C)CC1)c1ccccc1. The molecule has 0 aliphatic carbocycles. The van der Waals surface area contributed by atoms with Gasteiger partial charge in [0.25, 0.3) is 5.91 Å². The minimum Gasteiger partial charge on any atom is -0.481 e. The van der Waals surface area contributed by atoms with Gasteiger partial charge in [0, 0.05) is 32.7 Å². The van der Waals surface area contributed by atoms with E-state index in [4.69, 9.17) is 4.74 Å². The highest BCUT2D eigenvalue weighted by Gasteiger charge is 2.24. The van der Waals surface area contributed by atoms with Crippen LogP contribution in [0.1, 0.15) is 18.5 Å². The van der Waals surface area contributed by atoms with Gasteiger partial charge in [-0.05, 0) is 42.8 Å². The average molecular weight is 444 g/mol. The molecule has 1 heterocycles. The third-order valence-corrected chi connectivity index (χ3v) is 6.20. The number of carbonyl (C=O) groups is 1.